The molecule has 1 aromatic carbocycles. The lowest BCUT2D eigenvalue weighted by molar-refractivity contribution is -0.138. The maximum atomic E-state index is 11.5. The molecule has 4 nitrogen and oxygen atoms in total. The first-order chi connectivity index (χ1) is 7.45. The van der Waals surface area contributed by atoms with E-state index in [0.29, 0.717) is 11.3 Å². The third-order valence-corrected chi connectivity index (χ3v) is 2.80. The van der Waals surface area contributed by atoms with E-state index in [1.165, 1.54) is 27.2 Å². The molecule has 1 aromatic rings. The highest BCUT2D eigenvalue weighted by atomic mass is 16.5. The van der Waals surface area contributed by atoms with Gasteiger partial charge in [0.2, 0.25) is 0 Å². The number of benzene rings is 1. The molecule has 0 saturated carbocycles. The molecule has 0 heterocycles. The molecule has 0 saturated heterocycles. The van der Waals surface area contributed by atoms with Crippen LogP contribution in [0.15, 0.2) is 18.2 Å². The highest BCUT2D eigenvalue weighted by molar-refractivity contribution is 5.86. The zero-order chi connectivity index (χ0) is 12.3. The third kappa shape index (κ3) is 2.02. The first kappa shape index (κ1) is 12.5. The van der Waals surface area contributed by atoms with Crippen LogP contribution in [0.3, 0.4) is 0 Å². The summed E-state index contributed by atoms with van der Waals surface area (Å²) in [6.07, 6.45) is 0. The minimum atomic E-state index is -1.13. The number of ether oxygens (including phenoxy) is 2. The Morgan fingerprint density at radius 3 is 2.38 bits per heavy atom. The molecule has 0 radical (unpaired) electrons. The number of carbonyl (C=O) groups excluding carboxylic acids is 1. The summed E-state index contributed by atoms with van der Waals surface area (Å²) < 4.78 is 10.2. The molecule has 88 valence electrons. The number of phenolic OH excluding ortho intramolecular Hbond substituents is 1. The van der Waals surface area contributed by atoms with Crippen molar-refractivity contribution < 1.29 is 19.4 Å². The smallest absolute Gasteiger partial charge is 0.165 e. The number of carbonyl (C=O) groups is 1. The van der Waals surface area contributed by atoms with E-state index in [1.807, 2.05) is 0 Å². The van der Waals surface area contributed by atoms with Gasteiger partial charge in [-0.1, -0.05) is 0 Å². The van der Waals surface area contributed by atoms with Crippen molar-refractivity contribution in [3.05, 3.63) is 23.8 Å². The average molecular weight is 224 g/mol. The van der Waals surface area contributed by atoms with E-state index in [9.17, 15) is 9.90 Å². The Balaban J connectivity index is 3.27. The van der Waals surface area contributed by atoms with Crippen molar-refractivity contribution >= 4 is 5.78 Å². The van der Waals surface area contributed by atoms with E-state index in [0.717, 1.165) is 0 Å². The molecular weight excluding hydrogens is 208 g/mol. The number of Topliss-reactive ketones (excluding diaryl/α,β-unsaturated/α-hetero) is 1. The van der Waals surface area contributed by atoms with Gasteiger partial charge in [0.1, 0.15) is 11.5 Å². The molecular formula is C12H16O4. The Kier molecular flexibility index (Phi) is 3.55. The lowest BCUT2D eigenvalue weighted by Crippen LogP contribution is -2.32. The van der Waals surface area contributed by atoms with Gasteiger partial charge < -0.3 is 14.6 Å². The topological polar surface area (TPSA) is 55.8 Å². The van der Waals surface area contributed by atoms with Crippen molar-refractivity contribution in [1.29, 1.82) is 0 Å². The second-order valence-corrected chi connectivity index (χ2v) is 3.68. The van der Waals surface area contributed by atoms with E-state index < -0.39 is 5.60 Å². The summed E-state index contributed by atoms with van der Waals surface area (Å²) in [6.45, 7) is 3.05. The number of ketones is 1. The van der Waals surface area contributed by atoms with Crippen molar-refractivity contribution in [1.82, 2.24) is 0 Å². The SMILES string of the molecule is COc1ccc(C(C)(OC)C(C)=O)c(O)c1. The van der Waals surface area contributed by atoms with Gasteiger partial charge in [0.25, 0.3) is 0 Å². The summed E-state index contributed by atoms with van der Waals surface area (Å²) in [5, 5.41) is 9.83. The lowest BCUT2D eigenvalue weighted by atomic mass is 9.91. The molecule has 1 atom stereocenters. The van der Waals surface area contributed by atoms with Gasteiger partial charge in [0.15, 0.2) is 11.4 Å². The Bertz CT molecular complexity index is 400. The second kappa shape index (κ2) is 4.53. The molecule has 0 amide bonds. The van der Waals surface area contributed by atoms with Gasteiger partial charge in [-0.2, -0.15) is 0 Å². The van der Waals surface area contributed by atoms with Crippen LogP contribution in [0.4, 0.5) is 0 Å². The fourth-order valence-corrected chi connectivity index (χ4v) is 1.49. The molecule has 0 fully saturated rings. The molecule has 0 aromatic heterocycles. The summed E-state index contributed by atoms with van der Waals surface area (Å²) in [5.41, 5.74) is -0.695. The van der Waals surface area contributed by atoms with E-state index >= 15 is 0 Å². The summed E-state index contributed by atoms with van der Waals surface area (Å²) in [6, 6.07) is 4.75. The molecule has 1 unspecified atom stereocenters. The van der Waals surface area contributed by atoms with E-state index in [4.69, 9.17) is 9.47 Å². The number of aromatic hydroxyl groups is 1. The van der Waals surface area contributed by atoms with Crippen molar-refractivity contribution in [2.75, 3.05) is 14.2 Å². The summed E-state index contributed by atoms with van der Waals surface area (Å²) in [4.78, 5) is 11.5. The van der Waals surface area contributed by atoms with Crippen LogP contribution in [0.25, 0.3) is 0 Å². The first-order valence-electron chi connectivity index (χ1n) is 4.89. The van der Waals surface area contributed by atoms with Gasteiger partial charge in [0, 0.05) is 18.7 Å². The van der Waals surface area contributed by atoms with Crippen molar-refractivity contribution in [2.24, 2.45) is 0 Å². The molecule has 0 spiro atoms. The van der Waals surface area contributed by atoms with Crippen molar-refractivity contribution in [3.8, 4) is 11.5 Å². The minimum Gasteiger partial charge on any atom is -0.507 e. The van der Waals surface area contributed by atoms with Gasteiger partial charge >= 0.3 is 0 Å². The van der Waals surface area contributed by atoms with Gasteiger partial charge in [-0.15, -0.1) is 0 Å². The van der Waals surface area contributed by atoms with Crippen molar-refractivity contribution in [3.63, 3.8) is 0 Å². The quantitative estimate of drug-likeness (QED) is 0.848. The lowest BCUT2D eigenvalue weighted by Gasteiger charge is -2.26. The number of phenols is 1. The van der Waals surface area contributed by atoms with Gasteiger partial charge in [-0.3, -0.25) is 4.79 Å². The first-order valence-corrected chi connectivity index (χ1v) is 4.89. The highest BCUT2D eigenvalue weighted by Crippen LogP contribution is 2.34. The Morgan fingerprint density at radius 2 is 2.00 bits per heavy atom. The van der Waals surface area contributed by atoms with Crippen LogP contribution in [0.1, 0.15) is 19.4 Å². The summed E-state index contributed by atoms with van der Waals surface area (Å²) in [7, 11) is 2.94. The van der Waals surface area contributed by atoms with E-state index in [2.05, 4.69) is 0 Å². The maximum absolute atomic E-state index is 11.5. The fraction of sp³-hybridized carbons (Fsp3) is 0.417. The van der Waals surface area contributed by atoms with Crippen LogP contribution >= 0.6 is 0 Å². The Morgan fingerprint density at radius 1 is 1.38 bits per heavy atom. The molecule has 0 aliphatic rings. The molecule has 0 aliphatic carbocycles. The largest absolute Gasteiger partial charge is 0.507 e. The van der Waals surface area contributed by atoms with E-state index in [-0.39, 0.29) is 11.5 Å². The molecule has 4 heteroatoms. The van der Waals surface area contributed by atoms with Gasteiger partial charge in [-0.25, -0.2) is 0 Å². The minimum absolute atomic E-state index is 0.0149. The zero-order valence-electron chi connectivity index (χ0n) is 9.90. The van der Waals surface area contributed by atoms with Gasteiger partial charge in [0.05, 0.1) is 7.11 Å². The number of hydrogen-bond donors (Lipinski definition) is 1. The number of methoxy groups -OCH3 is 2. The Hall–Kier alpha value is -1.55. The molecule has 1 N–H and O–H groups in total. The normalized spacial score (nSPS) is 14.2. The van der Waals surface area contributed by atoms with Crippen LogP contribution < -0.4 is 4.74 Å². The molecule has 0 aliphatic heterocycles. The molecule has 16 heavy (non-hydrogen) atoms. The predicted molar refractivity (Wildman–Crippen MR) is 59.7 cm³/mol. The van der Waals surface area contributed by atoms with Crippen LogP contribution in [0.2, 0.25) is 0 Å². The fourth-order valence-electron chi connectivity index (χ4n) is 1.49. The standard InChI is InChI=1S/C12H16O4/c1-8(13)12(2,16-4)10-6-5-9(15-3)7-11(10)14/h5-7,14H,1-4H3. The molecule has 1 rings (SSSR count). The van der Waals surface area contributed by atoms with Crippen LogP contribution in [0, 0.1) is 0 Å². The van der Waals surface area contributed by atoms with Crippen LogP contribution in [0.5, 0.6) is 11.5 Å². The summed E-state index contributed by atoms with van der Waals surface area (Å²) in [5.74, 6) is 0.345. The van der Waals surface area contributed by atoms with E-state index in [1.54, 1.807) is 19.1 Å². The monoisotopic (exact) mass is 224 g/mol. The Labute approximate surface area is 94.8 Å². The van der Waals surface area contributed by atoms with Crippen LogP contribution in [-0.4, -0.2) is 25.1 Å². The summed E-state index contributed by atoms with van der Waals surface area (Å²) >= 11 is 0. The average Bonchev–Trinajstić information content (AvgIpc) is 2.27. The number of rotatable bonds is 4. The van der Waals surface area contributed by atoms with Crippen LogP contribution in [-0.2, 0) is 15.1 Å². The van der Waals surface area contributed by atoms with Crippen molar-refractivity contribution in [2.45, 2.75) is 19.4 Å². The predicted octanol–water partition coefficient (Wildman–Crippen LogP) is 1.85. The maximum Gasteiger partial charge on any atom is 0.165 e. The number of hydrogen-bond acceptors (Lipinski definition) is 4. The highest BCUT2D eigenvalue weighted by Gasteiger charge is 2.34. The third-order valence-electron chi connectivity index (χ3n) is 2.80. The second-order valence-electron chi connectivity index (χ2n) is 3.68. The zero-order valence-corrected chi connectivity index (χ0v) is 9.90. The molecule has 0 bridgehead atoms. The van der Waals surface area contributed by atoms with Gasteiger partial charge in [-0.05, 0) is 26.0 Å².